The van der Waals surface area contributed by atoms with Crippen LogP contribution in [0.2, 0.25) is 0 Å². The fourth-order valence-corrected chi connectivity index (χ4v) is 2.83. The fourth-order valence-electron chi connectivity index (χ4n) is 2.34. The highest BCUT2D eigenvalue weighted by atomic mass is 32.2. The van der Waals surface area contributed by atoms with Crippen LogP contribution < -0.4 is 10.1 Å². The Bertz CT molecular complexity index is 339. The van der Waals surface area contributed by atoms with E-state index in [0.29, 0.717) is 6.04 Å². The van der Waals surface area contributed by atoms with Gasteiger partial charge in [0.05, 0.1) is 7.11 Å². The molecular formula is C17H29NOS. The number of methoxy groups -OCH3 is 1. The largest absolute Gasteiger partial charge is 0.497 e. The molecule has 1 aromatic rings. The highest BCUT2D eigenvalue weighted by Crippen LogP contribution is 2.20. The maximum atomic E-state index is 5.21. The Hall–Kier alpha value is -0.670. The van der Waals surface area contributed by atoms with Crippen molar-refractivity contribution in [3.05, 3.63) is 29.8 Å². The van der Waals surface area contributed by atoms with Crippen molar-refractivity contribution in [1.29, 1.82) is 0 Å². The molecular weight excluding hydrogens is 266 g/mol. The molecule has 1 aromatic carbocycles. The minimum atomic E-state index is 0.465. The van der Waals surface area contributed by atoms with Crippen LogP contribution in [0, 0.1) is 0 Å². The Labute approximate surface area is 128 Å². The van der Waals surface area contributed by atoms with Crippen LogP contribution in [0.25, 0.3) is 0 Å². The number of benzene rings is 1. The molecule has 1 N–H and O–H groups in total. The summed E-state index contributed by atoms with van der Waals surface area (Å²) in [5.41, 5.74) is 1.36. The van der Waals surface area contributed by atoms with Gasteiger partial charge in [-0.3, -0.25) is 0 Å². The number of hydrogen-bond acceptors (Lipinski definition) is 3. The summed E-state index contributed by atoms with van der Waals surface area (Å²) in [5, 5.41) is 3.67. The van der Waals surface area contributed by atoms with E-state index in [1.807, 2.05) is 23.9 Å². The van der Waals surface area contributed by atoms with E-state index in [-0.39, 0.29) is 0 Å². The highest BCUT2D eigenvalue weighted by Gasteiger charge is 2.07. The Kier molecular flexibility index (Phi) is 9.60. The van der Waals surface area contributed by atoms with Gasteiger partial charge >= 0.3 is 0 Å². The zero-order chi connectivity index (χ0) is 14.6. The van der Waals surface area contributed by atoms with Gasteiger partial charge in [-0.25, -0.2) is 0 Å². The normalized spacial score (nSPS) is 12.3. The molecule has 1 unspecified atom stereocenters. The maximum absolute atomic E-state index is 5.21. The van der Waals surface area contributed by atoms with Gasteiger partial charge in [0.25, 0.3) is 0 Å². The Balaban J connectivity index is 2.24. The Morgan fingerprint density at radius 3 is 2.40 bits per heavy atom. The summed E-state index contributed by atoms with van der Waals surface area (Å²) in [6.07, 6.45) is 8.65. The van der Waals surface area contributed by atoms with E-state index in [4.69, 9.17) is 4.74 Å². The van der Waals surface area contributed by atoms with Crippen LogP contribution in [0.3, 0.4) is 0 Å². The summed E-state index contributed by atoms with van der Waals surface area (Å²) >= 11 is 1.95. The summed E-state index contributed by atoms with van der Waals surface area (Å²) < 4.78 is 5.21. The SMILES string of the molecule is CCC(NCCCCCCSC)c1ccc(OC)cc1. The molecule has 0 aromatic heterocycles. The minimum absolute atomic E-state index is 0.465. The second-order valence-electron chi connectivity index (χ2n) is 5.10. The lowest BCUT2D eigenvalue weighted by Gasteiger charge is -2.17. The minimum Gasteiger partial charge on any atom is -0.497 e. The molecule has 0 aliphatic carbocycles. The van der Waals surface area contributed by atoms with Crippen molar-refractivity contribution in [3.8, 4) is 5.75 Å². The summed E-state index contributed by atoms with van der Waals surface area (Å²) in [5.74, 6) is 2.23. The molecule has 1 rings (SSSR count). The average Bonchev–Trinajstić information content (AvgIpc) is 2.50. The van der Waals surface area contributed by atoms with Gasteiger partial charge in [0, 0.05) is 6.04 Å². The van der Waals surface area contributed by atoms with Crippen molar-refractivity contribution in [2.45, 2.75) is 45.1 Å². The lowest BCUT2D eigenvalue weighted by Crippen LogP contribution is -2.21. The van der Waals surface area contributed by atoms with Crippen LogP contribution in [-0.4, -0.2) is 25.7 Å². The van der Waals surface area contributed by atoms with Crippen molar-refractivity contribution in [3.63, 3.8) is 0 Å². The lowest BCUT2D eigenvalue weighted by atomic mass is 10.0. The molecule has 0 fully saturated rings. The van der Waals surface area contributed by atoms with Crippen LogP contribution in [0.1, 0.15) is 50.6 Å². The Morgan fingerprint density at radius 1 is 1.10 bits per heavy atom. The van der Waals surface area contributed by atoms with E-state index in [1.54, 1.807) is 7.11 Å². The van der Waals surface area contributed by atoms with Gasteiger partial charge in [-0.1, -0.05) is 31.9 Å². The van der Waals surface area contributed by atoms with Crippen molar-refractivity contribution in [1.82, 2.24) is 5.32 Å². The van der Waals surface area contributed by atoms with Gasteiger partial charge in [-0.05, 0) is 55.5 Å². The molecule has 0 aliphatic rings. The predicted octanol–water partition coefficient (Wildman–Crippen LogP) is 4.66. The molecule has 3 heteroatoms. The highest BCUT2D eigenvalue weighted by molar-refractivity contribution is 7.98. The van der Waals surface area contributed by atoms with E-state index in [2.05, 4.69) is 30.6 Å². The topological polar surface area (TPSA) is 21.3 Å². The standard InChI is InChI=1S/C17H29NOS/c1-4-17(15-9-11-16(19-2)12-10-15)18-13-7-5-6-8-14-20-3/h9-12,17-18H,4-8,13-14H2,1-3H3. The smallest absolute Gasteiger partial charge is 0.118 e. The molecule has 2 nitrogen and oxygen atoms in total. The molecule has 0 radical (unpaired) electrons. The quantitative estimate of drug-likeness (QED) is 0.600. The number of thioether (sulfide) groups is 1. The van der Waals surface area contributed by atoms with E-state index in [1.165, 1.54) is 37.0 Å². The van der Waals surface area contributed by atoms with Crippen molar-refractivity contribution in [2.24, 2.45) is 0 Å². The second-order valence-corrected chi connectivity index (χ2v) is 6.08. The van der Waals surface area contributed by atoms with Crippen LogP contribution in [0.15, 0.2) is 24.3 Å². The molecule has 0 saturated carbocycles. The molecule has 0 aliphatic heterocycles. The first kappa shape index (κ1) is 17.4. The molecule has 114 valence electrons. The van der Waals surface area contributed by atoms with Crippen molar-refractivity contribution in [2.75, 3.05) is 25.7 Å². The van der Waals surface area contributed by atoms with Gasteiger partial charge in [-0.2, -0.15) is 11.8 Å². The summed E-state index contributed by atoms with van der Waals surface area (Å²) in [6, 6.07) is 8.88. The van der Waals surface area contributed by atoms with Crippen molar-refractivity contribution >= 4 is 11.8 Å². The van der Waals surface area contributed by atoms with Gasteiger partial charge in [0.2, 0.25) is 0 Å². The van der Waals surface area contributed by atoms with Crippen LogP contribution in [0.4, 0.5) is 0 Å². The third-order valence-electron chi connectivity index (χ3n) is 3.59. The molecule has 1 atom stereocenters. The van der Waals surface area contributed by atoms with Gasteiger partial charge < -0.3 is 10.1 Å². The molecule has 0 heterocycles. The van der Waals surface area contributed by atoms with Gasteiger partial charge in [-0.15, -0.1) is 0 Å². The van der Waals surface area contributed by atoms with E-state index in [0.717, 1.165) is 18.7 Å². The third-order valence-corrected chi connectivity index (χ3v) is 4.29. The first-order valence-electron chi connectivity index (χ1n) is 7.68. The van der Waals surface area contributed by atoms with Gasteiger partial charge in [0.15, 0.2) is 0 Å². The van der Waals surface area contributed by atoms with Gasteiger partial charge in [0.1, 0.15) is 5.75 Å². The number of hydrogen-bond donors (Lipinski definition) is 1. The average molecular weight is 295 g/mol. The lowest BCUT2D eigenvalue weighted by molar-refractivity contribution is 0.414. The first-order chi connectivity index (χ1) is 9.81. The number of ether oxygens (including phenoxy) is 1. The van der Waals surface area contributed by atoms with Crippen LogP contribution in [-0.2, 0) is 0 Å². The molecule has 0 saturated heterocycles. The first-order valence-corrected chi connectivity index (χ1v) is 9.07. The van der Waals surface area contributed by atoms with Crippen LogP contribution in [0.5, 0.6) is 5.75 Å². The summed E-state index contributed by atoms with van der Waals surface area (Å²) in [7, 11) is 1.71. The fraction of sp³-hybridized carbons (Fsp3) is 0.647. The summed E-state index contributed by atoms with van der Waals surface area (Å²) in [6.45, 7) is 3.35. The number of nitrogens with one attached hydrogen (secondary N) is 1. The van der Waals surface area contributed by atoms with E-state index < -0.39 is 0 Å². The zero-order valence-corrected chi connectivity index (χ0v) is 14.0. The predicted molar refractivity (Wildman–Crippen MR) is 90.9 cm³/mol. The molecule has 0 amide bonds. The van der Waals surface area contributed by atoms with Crippen molar-refractivity contribution < 1.29 is 4.74 Å². The zero-order valence-electron chi connectivity index (χ0n) is 13.2. The van der Waals surface area contributed by atoms with E-state index in [9.17, 15) is 0 Å². The molecule has 0 bridgehead atoms. The maximum Gasteiger partial charge on any atom is 0.118 e. The molecule has 20 heavy (non-hydrogen) atoms. The molecule has 0 spiro atoms. The van der Waals surface area contributed by atoms with E-state index >= 15 is 0 Å². The monoisotopic (exact) mass is 295 g/mol. The second kappa shape index (κ2) is 11.0. The number of rotatable bonds is 11. The summed E-state index contributed by atoms with van der Waals surface area (Å²) in [4.78, 5) is 0. The number of unbranched alkanes of at least 4 members (excludes halogenated alkanes) is 3. The van der Waals surface area contributed by atoms with Crippen LogP contribution >= 0.6 is 11.8 Å². The Morgan fingerprint density at radius 2 is 1.80 bits per heavy atom. The third kappa shape index (κ3) is 6.67.